The van der Waals surface area contributed by atoms with Crippen LogP contribution in [-0.4, -0.2) is 19.7 Å². The standard InChI is InChI=1S/C17H20O3/c1-13(14-7-4-3-5-8-14)11-12-20-16-10-6-9-15(16)17(18)19-2/h3-5,7-8,11H,6,9-10,12H2,1-2H3/b13-11+. The molecule has 0 bridgehead atoms. The molecular formula is C17H20O3. The van der Waals surface area contributed by atoms with E-state index < -0.39 is 0 Å². The van der Waals surface area contributed by atoms with Crippen molar-refractivity contribution in [1.82, 2.24) is 0 Å². The molecule has 0 aliphatic heterocycles. The molecule has 0 fully saturated rings. The lowest BCUT2D eigenvalue weighted by atomic mass is 10.1. The summed E-state index contributed by atoms with van der Waals surface area (Å²) in [5.74, 6) is 0.523. The normalized spacial score (nSPS) is 15.4. The van der Waals surface area contributed by atoms with Crippen LogP contribution in [0.4, 0.5) is 0 Å². The van der Waals surface area contributed by atoms with Crippen molar-refractivity contribution in [2.75, 3.05) is 13.7 Å². The molecule has 1 aromatic rings. The van der Waals surface area contributed by atoms with Crippen LogP contribution in [0.15, 0.2) is 47.7 Å². The highest BCUT2D eigenvalue weighted by Gasteiger charge is 2.22. The van der Waals surface area contributed by atoms with Crippen LogP contribution in [0.2, 0.25) is 0 Å². The second-order valence-corrected chi connectivity index (χ2v) is 4.81. The van der Waals surface area contributed by atoms with Crippen LogP contribution in [-0.2, 0) is 14.3 Å². The van der Waals surface area contributed by atoms with E-state index in [1.807, 2.05) is 24.3 Å². The van der Waals surface area contributed by atoms with Gasteiger partial charge in [-0.25, -0.2) is 4.79 Å². The van der Waals surface area contributed by atoms with Gasteiger partial charge in [-0.2, -0.15) is 0 Å². The van der Waals surface area contributed by atoms with E-state index in [1.54, 1.807) is 0 Å². The lowest BCUT2D eigenvalue weighted by molar-refractivity contribution is -0.136. The highest BCUT2D eigenvalue weighted by atomic mass is 16.5. The highest BCUT2D eigenvalue weighted by molar-refractivity contribution is 5.89. The fraction of sp³-hybridized carbons (Fsp3) is 0.353. The number of benzene rings is 1. The third-order valence-electron chi connectivity index (χ3n) is 3.48. The van der Waals surface area contributed by atoms with Crippen molar-refractivity contribution in [2.24, 2.45) is 0 Å². The summed E-state index contributed by atoms with van der Waals surface area (Å²) in [6.45, 7) is 2.54. The van der Waals surface area contributed by atoms with Crippen LogP contribution >= 0.6 is 0 Å². The molecule has 0 spiro atoms. The zero-order valence-corrected chi connectivity index (χ0v) is 12.0. The van der Waals surface area contributed by atoms with E-state index in [9.17, 15) is 4.79 Å². The zero-order valence-electron chi connectivity index (χ0n) is 12.0. The van der Waals surface area contributed by atoms with Crippen LogP contribution in [0, 0.1) is 0 Å². The Kier molecular flexibility index (Phi) is 4.99. The molecule has 0 unspecified atom stereocenters. The number of hydrogen-bond acceptors (Lipinski definition) is 3. The highest BCUT2D eigenvalue weighted by Crippen LogP contribution is 2.27. The van der Waals surface area contributed by atoms with E-state index in [4.69, 9.17) is 9.47 Å². The van der Waals surface area contributed by atoms with Gasteiger partial charge in [0.1, 0.15) is 12.4 Å². The topological polar surface area (TPSA) is 35.5 Å². The second kappa shape index (κ2) is 6.94. The molecule has 1 aliphatic rings. The van der Waals surface area contributed by atoms with Gasteiger partial charge in [-0.3, -0.25) is 0 Å². The first-order valence-corrected chi connectivity index (χ1v) is 6.87. The maximum atomic E-state index is 11.6. The lowest BCUT2D eigenvalue weighted by Crippen LogP contribution is -2.06. The lowest BCUT2D eigenvalue weighted by Gasteiger charge is -2.08. The number of carbonyl (C=O) groups excluding carboxylic acids is 1. The summed E-state index contributed by atoms with van der Waals surface area (Å²) < 4.78 is 10.5. The Labute approximate surface area is 119 Å². The molecule has 0 amide bonds. The van der Waals surface area contributed by atoms with Crippen LogP contribution in [0.3, 0.4) is 0 Å². The van der Waals surface area contributed by atoms with Gasteiger partial charge >= 0.3 is 5.97 Å². The van der Waals surface area contributed by atoms with E-state index in [2.05, 4.69) is 19.1 Å². The fourth-order valence-electron chi connectivity index (χ4n) is 2.30. The van der Waals surface area contributed by atoms with E-state index in [1.165, 1.54) is 18.2 Å². The molecule has 2 rings (SSSR count). The number of esters is 1. The van der Waals surface area contributed by atoms with Gasteiger partial charge in [0.25, 0.3) is 0 Å². The molecular weight excluding hydrogens is 252 g/mol. The minimum atomic E-state index is -0.263. The van der Waals surface area contributed by atoms with E-state index in [0.29, 0.717) is 12.2 Å². The average molecular weight is 272 g/mol. The van der Waals surface area contributed by atoms with Gasteiger partial charge in [-0.1, -0.05) is 30.3 Å². The molecule has 3 nitrogen and oxygen atoms in total. The van der Waals surface area contributed by atoms with E-state index >= 15 is 0 Å². The number of allylic oxidation sites excluding steroid dienone is 2. The fourth-order valence-corrected chi connectivity index (χ4v) is 2.30. The van der Waals surface area contributed by atoms with Crippen molar-refractivity contribution in [3.05, 3.63) is 53.3 Å². The smallest absolute Gasteiger partial charge is 0.337 e. The largest absolute Gasteiger partial charge is 0.493 e. The van der Waals surface area contributed by atoms with Crippen molar-refractivity contribution in [3.63, 3.8) is 0 Å². The zero-order chi connectivity index (χ0) is 14.4. The van der Waals surface area contributed by atoms with Gasteiger partial charge in [0.15, 0.2) is 0 Å². The van der Waals surface area contributed by atoms with Crippen LogP contribution in [0.1, 0.15) is 31.7 Å². The van der Waals surface area contributed by atoms with Crippen LogP contribution in [0.5, 0.6) is 0 Å². The molecule has 0 aromatic heterocycles. The summed E-state index contributed by atoms with van der Waals surface area (Å²) in [7, 11) is 1.41. The maximum absolute atomic E-state index is 11.6. The molecule has 0 atom stereocenters. The molecule has 0 saturated heterocycles. The summed E-state index contributed by atoms with van der Waals surface area (Å²) in [6.07, 6.45) is 4.57. The number of rotatable bonds is 5. The summed E-state index contributed by atoms with van der Waals surface area (Å²) in [6, 6.07) is 10.2. The molecule has 1 aliphatic carbocycles. The van der Waals surface area contributed by atoms with Crippen molar-refractivity contribution >= 4 is 11.5 Å². The van der Waals surface area contributed by atoms with E-state index in [-0.39, 0.29) is 5.97 Å². The summed E-state index contributed by atoms with van der Waals surface area (Å²) in [5, 5.41) is 0. The van der Waals surface area contributed by atoms with Crippen molar-refractivity contribution in [3.8, 4) is 0 Å². The summed E-state index contributed by atoms with van der Waals surface area (Å²) in [4.78, 5) is 11.6. The Morgan fingerprint density at radius 2 is 2.00 bits per heavy atom. The number of carbonyl (C=O) groups is 1. The molecule has 1 aromatic carbocycles. The molecule has 0 heterocycles. The summed E-state index contributed by atoms with van der Waals surface area (Å²) in [5.41, 5.74) is 3.05. The predicted molar refractivity (Wildman–Crippen MR) is 78.9 cm³/mol. The SMILES string of the molecule is COC(=O)C1=C(OC/C=C(\C)c2ccccc2)CCC1. The monoisotopic (exact) mass is 272 g/mol. The Bertz CT molecular complexity index is 526. The first-order valence-electron chi connectivity index (χ1n) is 6.87. The summed E-state index contributed by atoms with van der Waals surface area (Å²) >= 11 is 0. The molecule has 20 heavy (non-hydrogen) atoms. The van der Waals surface area contributed by atoms with Crippen molar-refractivity contribution in [2.45, 2.75) is 26.2 Å². The molecule has 0 saturated carbocycles. The van der Waals surface area contributed by atoms with Gasteiger partial charge in [0.05, 0.1) is 12.7 Å². The van der Waals surface area contributed by atoms with Gasteiger partial charge in [0, 0.05) is 6.42 Å². The Hall–Kier alpha value is -2.03. The molecule has 0 radical (unpaired) electrons. The quantitative estimate of drug-likeness (QED) is 0.766. The van der Waals surface area contributed by atoms with Crippen molar-refractivity contribution in [1.29, 1.82) is 0 Å². The van der Waals surface area contributed by atoms with Gasteiger partial charge in [-0.15, -0.1) is 0 Å². The predicted octanol–water partition coefficient (Wildman–Crippen LogP) is 3.72. The van der Waals surface area contributed by atoms with Gasteiger partial charge in [-0.05, 0) is 37.0 Å². The Balaban J connectivity index is 1.97. The first kappa shape index (κ1) is 14.4. The second-order valence-electron chi connectivity index (χ2n) is 4.81. The number of ether oxygens (including phenoxy) is 2. The van der Waals surface area contributed by atoms with Crippen LogP contribution in [0.25, 0.3) is 5.57 Å². The third-order valence-corrected chi connectivity index (χ3v) is 3.48. The average Bonchev–Trinajstić information content (AvgIpc) is 2.95. The Morgan fingerprint density at radius 3 is 2.70 bits per heavy atom. The van der Waals surface area contributed by atoms with E-state index in [0.717, 1.165) is 25.0 Å². The molecule has 3 heteroatoms. The molecule has 0 N–H and O–H groups in total. The Morgan fingerprint density at radius 1 is 1.25 bits per heavy atom. The van der Waals surface area contributed by atoms with Gasteiger partial charge in [0.2, 0.25) is 0 Å². The number of methoxy groups -OCH3 is 1. The third kappa shape index (κ3) is 3.50. The van der Waals surface area contributed by atoms with Crippen molar-refractivity contribution < 1.29 is 14.3 Å². The number of hydrogen-bond donors (Lipinski definition) is 0. The minimum Gasteiger partial charge on any atom is -0.493 e. The van der Waals surface area contributed by atoms with Gasteiger partial charge < -0.3 is 9.47 Å². The maximum Gasteiger partial charge on any atom is 0.337 e. The minimum absolute atomic E-state index is 0.263. The first-order chi connectivity index (χ1) is 9.72. The molecule has 106 valence electrons. The van der Waals surface area contributed by atoms with Crippen LogP contribution < -0.4 is 0 Å².